The van der Waals surface area contributed by atoms with E-state index in [2.05, 4.69) is 55.4 Å². The molecular formula is C22H36IN7OS. The normalized spacial score (nSPS) is 14.5. The number of hydrogen-bond acceptors (Lipinski definition) is 7. The maximum absolute atomic E-state index is 5.86. The Balaban J connectivity index is 0.00000363. The quantitative estimate of drug-likeness (QED) is 0.281. The van der Waals surface area contributed by atoms with Gasteiger partial charge >= 0.3 is 0 Å². The van der Waals surface area contributed by atoms with Crippen LogP contribution < -0.4 is 15.0 Å². The van der Waals surface area contributed by atoms with Crippen LogP contribution in [-0.4, -0.2) is 85.1 Å². The molecule has 1 aliphatic rings. The van der Waals surface area contributed by atoms with E-state index in [-0.39, 0.29) is 24.0 Å². The van der Waals surface area contributed by atoms with Crippen molar-refractivity contribution in [1.82, 2.24) is 24.5 Å². The summed E-state index contributed by atoms with van der Waals surface area (Å²) >= 11 is 1.50. The summed E-state index contributed by atoms with van der Waals surface area (Å²) in [4.78, 5) is 16.3. The lowest BCUT2D eigenvalue weighted by Crippen LogP contribution is -2.52. The van der Waals surface area contributed by atoms with Crippen LogP contribution in [0.25, 0.3) is 0 Å². The Hall–Kier alpha value is -1.66. The van der Waals surface area contributed by atoms with Crippen LogP contribution in [0.1, 0.15) is 25.2 Å². The standard InChI is InChI=1S/C22H35N7OS.HI/c1-5-20-25-22(31-26-20)29-12-10-28(11-13-29)21(23-6-2)24-17-18-8-7-9-19(16-18)30-15-14-27(3)4;/h7-9,16H,5-6,10-15,17H2,1-4H3,(H,23,24);1H. The third kappa shape index (κ3) is 8.04. The highest BCUT2D eigenvalue weighted by atomic mass is 127. The van der Waals surface area contributed by atoms with Crippen LogP contribution in [0.5, 0.6) is 5.75 Å². The van der Waals surface area contributed by atoms with Gasteiger partial charge in [0.15, 0.2) is 5.96 Å². The fourth-order valence-electron chi connectivity index (χ4n) is 3.30. The van der Waals surface area contributed by atoms with Gasteiger partial charge in [0.05, 0.1) is 6.54 Å². The second kappa shape index (κ2) is 13.8. The van der Waals surface area contributed by atoms with Crippen LogP contribution in [0.2, 0.25) is 0 Å². The molecule has 2 heterocycles. The average molecular weight is 574 g/mol. The molecule has 0 saturated carbocycles. The number of aliphatic imine (C=N–C) groups is 1. The first-order valence-corrected chi connectivity index (χ1v) is 11.8. The number of halogens is 1. The molecule has 8 nitrogen and oxygen atoms in total. The number of aromatic nitrogens is 2. The molecule has 0 unspecified atom stereocenters. The second-order valence-electron chi connectivity index (χ2n) is 7.79. The first-order valence-electron chi connectivity index (χ1n) is 11.1. The Morgan fingerprint density at radius 3 is 2.66 bits per heavy atom. The summed E-state index contributed by atoms with van der Waals surface area (Å²) in [6.45, 7) is 11.0. The number of guanidine groups is 1. The predicted molar refractivity (Wildman–Crippen MR) is 144 cm³/mol. The number of rotatable bonds is 9. The topological polar surface area (TPSA) is 69.1 Å². The molecular weight excluding hydrogens is 537 g/mol. The highest BCUT2D eigenvalue weighted by Crippen LogP contribution is 2.19. The molecule has 0 amide bonds. The van der Waals surface area contributed by atoms with Crippen LogP contribution in [-0.2, 0) is 13.0 Å². The molecule has 0 spiro atoms. The minimum atomic E-state index is 0. The van der Waals surface area contributed by atoms with E-state index in [0.29, 0.717) is 13.2 Å². The molecule has 10 heteroatoms. The van der Waals surface area contributed by atoms with Crippen molar-refractivity contribution in [2.45, 2.75) is 26.8 Å². The number of piperazine rings is 1. The van der Waals surface area contributed by atoms with E-state index in [9.17, 15) is 0 Å². The number of nitrogens with one attached hydrogen (secondary N) is 1. The van der Waals surface area contributed by atoms with Crippen molar-refractivity contribution in [3.8, 4) is 5.75 Å². The molecule has 178 valence electrons. The van der Waals surface area contributed by atoms with E-state index < -0.39 is 0 Å². The average Bonchev–Trinajstić information content (AvgIpc) is 3.26. The van der Waals surface area contributed by atoms with E-state index in [0.717, 1.165) is 73.9 Å². The number of hydrogen-bond donors (Lipinski definition) is 1. The van der Waals surface area contributed by atoms with E-state index in [4.69, 9.17) is 9.73 Å². The van der Waals surface area contributed by atoms with Crippen LogP contribution >= 0.6 is 35.5 Å². The zero-order valence-electron chi connectivity index (χ0n) is 19.6. The molecule has 0 radical (unpaired) electrons. The summed E-state index contributed by atoms with van der Waals surface area (Å²) < 4.78 is 10.3. The van der Waals surface area contributed by atoms with Gasteiger partial charge in [-0.3, -0.25) is 0 Å². The largest absolute Gasteiger partial charge is 0.492 e. The first kappa shape index (κ1) is 26.6. The van der Waals surface area contributed by atoms with Crippen LogP contribution in [0.15, 0.2) is 29.3 Å². The predicted octanol–water partition coefficient (Wildman–Crippen LogP) is 2.95. The third-order valence-electron chi connectivity index (χ3n) is 5.08. The Morgan fingerprint density at radius 1 is 1.22 bits per heavy atom. The molecule has 1 saturated heterocycles. The molecule has 1 aromatic heterocycles. The van der Waals surface area contributed by atoms with Crippen molar-refractivity contribution >= 4 is 46.6 Å². The minimum absolute atomic E-state index is 0. The molecule has 2 aromatic rings. The first-order chi connectivity index (χ1) is 15.1. The summed E-state index contributed by atoms with van der Waals surface area (Å²) in [6.07, 6.45) is 0.885. The molecule has 0 bridgehead atoms. The molecule has 32 heavy (non-hydrogen) atoms. The highest BCUT2D eigenvalue weighted by Gasteiger charge is 2.22. The number of ether oxygens (including phenoxy) is 1. The maximum Gasteiger partial charge on any atom is 0.205 e. The van der Waals surface area contributed by atoms with E-state index in [1.54, 1.807) is 0 Å². The lowest BCUT2D eigenvalue weighted by Gasteiger charge is -2.36. The Morgan fingerprint density at radius 2 is 2.00 bits per heavy atom. The van der Waals surface area contributed by atoms with Gasteiger partial charge < -0.3 is 24.8 Å². The summed E-state index contributed by atoms with van der Waals surface area (Å²) in [6, 6.07) is 8.23. The molecule has 0 aliphatic carbocycles. The molecule has 1 fully saturated rings. The van der Waals surface area contributed by atoms with Gasteiger partial charge in [-0.2, -0.15) is 4.37 Å². The number of aryl methyl sites for hydroxylation is 1. The van der Waals surface area contributed by atoms with Gasteiger partial charge in [-0.25, -0.2) is 9.98 Å². The van der Waals surface area contributed by atoms with Crippen molar-refractivity contribution in [1.29, 1.82) is 0 Å². The molecule has 3 rings (SSSR count). The van der Waals surface area contributed by atoms with Gasteiger partial charge in [0, 0.05) is 57.2 Å². The number of benzene rings is 1. The lowest BCUT2D eigenvalue weighted by molar-refractivity contribution is 0.261. The third-order valence-corrected chi connectivity index (χ3v) is 5.89. The number of likely N-dealkylation sites (N-methyl/N-ethyl adjacent to an activating group) is 1. The molecule has 1 aromatic carbocycles. The molecule has 1 aliphatic heterocycles. The van der Waals surface area contributed by atoms with Crippen molar-refractivity contribution in [2.75, 3.05) is 64.9 Å². The second-order valence-corrected chi connectivity index (χ2v) is 8.52. The highest BCUT2D eigenvalue weighted by molar-refractivity contribution is 14.0. The summed E-state index contributed by atoms with van der Waals surface area (Å²) in [5, 5.41) is 4.48. The van der Waals surface area contributed by atoms with Crippen molar-refractivity contribution in [2.24, 2.45) is 4.99 Å². The van der Waals surface area contributed by atoms with E-state index in [1.807, 2.05) is 26.2 Å². The number of anilines is 1. The lowest BCUT2D eigenvalue weighted by atomic mass is 10.2. The van der Waals surface area contributed by atoms with Crippen molar-refractivity contribution in [3.05, 3.63) is 35.7 Å². The van der Waals surface area contributed by atoms with Crippen LogP contribution in [0.3, 0.4) is 0 Å². The van der Waals surface area contributed by atoms with Crippen LogP contribution in [0.4, 0.5) is 5.13 Å². The summed E-state index contributed by atoms with van der Waals surface area (Å²) in [5.41, 5.74) is 1.15. The van der Waals surface area contributed by atoms with Gasteiger partial charge in [-0.05, 0) is 38.7 Å². The molecule has 0 atom stereocenters. The van der Waals surface area contributed by atoms with Crippen molar-refractivity contribution in [3.63, 3.8) is 0 Å². The van der Waals surface area contributed by atoms with Gasteiger partial charge in [0.1, 0.15) is 18.2 Å². The zero-order chi connectivity index (χ0) is 22.1. The maximum atomic E-state index is 5.86. The Labute approximate surface area is 213 Å². The minimum Gasteiger partial charge on any atom is -0.492 e. The Bertz CT molecular complexity index is 837. The summed E-state index contributed by atoms with van der Waals surface area (Å²) in [7, 11) is 4.10. The Kier molecular flexibility index (Phi) is 11.5. The van der Waals surface area contributed by atoms with Gasteiger partial charge in [-0.1, -0.05) is 19.1 Å². The fraction of sp³-hybridized carbons (Fsp3) is 0.591. The monoisotopic (exact) mass is 573 g/mol. The summed E-state index contributed by atoms with van der Waals surface area (Å²) in [5.74, 6) is 2.80. The number of nitrogens with zero attached hydrogens (tertiary/aromatic N) is 6. The van der Waals surface area contributed by atoms with Gasteiger partial charge in [0.2, 0.25) is 5.13 Å². The SMILES string of the molecule is CCNC(=NCc1cccc(OCCN(C)C)c1)N1CCN(c2nc(CC)ns2)CC1.I. The van der Waals surface area contributed by atoms with Gasteiger partial charge in [-0.15, -0.1) is 24.0 Å². The van der Waals surface area contributed by atoms with E-state index in [1.165, 1.54) is 11.5 Å². The molecule has 1 N–H and O–H groups in total. The van der Waals surface area contributed by atoms with Crippen molar-refractivity contribution < 1.29 is 4.74 Å². The van der Waals surface area contributed by atoms with Crippen LogP contribution in [0, 0.1) is 0 Å². The smallest absolute Gasteiger partial charge is 0.205 e. The van der Waals surface area contributed by atoms with Gasteiger partial charge in [0.25, 0.3) is 0 Å². The zero-order valence-corrected chi connectivity index (χ0v) is 22.7. The van der Waals surface area contributed by atoms with E-state index >= 15 is 0 Å². The fourth-order valence-corrected chi connectivity index (χ4v) is 4.10.